The Kier molecular flexibility index (Phi) is 10.2. The molecule has 0 spiro atoms. The zero-order valence-electron chi connectivity index (χ0n) is 8.32. The van der Waals surface area contributed by atoms with Gasteiger partial charge in [0.25, 0.3) is 0 Å². The molecule has 0 nitrogen and oxygen atoms in total. The van der Waals surface area contributed by atoms with Crippen LogP contribution in [0.2, 0.25) is 0 Å². The van der Waals surface area contributed by atoms with Crippen LogP contribution < -0.4 is 51.4 Å². The van der Waals surface area contributed by atoms with Crippen LogP contribution in [0.25, 0.3) is 0 Å². The van der Waals surface area contributed by atoms with E-state index in [9.17, 15) is 12.9 Å². The van der Waals surface area contributed by atoms with E-state index in [1.165, 1.54) is 11.8 Å². The quantitative estimate of drug-likeness (QED) is 0.620. The Balaban J connectivity index is 0. The summed E-state index contributed by atoms with van der Waals surface area (Å²) in [7, 11) is 0. The maximum Gasteiger partial charge on any atom is 1.00 e. The van der Waals surface area contributed by atoms with Gasteiger partial charge in [0, 0.05) is 0 Å². The van der Waals surface area contributed by atoms with E-state index in [1.807, 2.05) is 13.8 Å². The molecule has 6 heteroatoms. The minimum Gasteiger partial charge on any atom is -0.445 e. The minimum atomic E-state index is -4.82. The Hall–Kier alpha value is 1.58. The number of hydrogen-bond donors (Lipinski definition) is 0. The largest absolute Gasteiger partial charge is 1.00 e. The van der Waals surface area contributed by atoms with Crippen molar-refractivity contribution in [1.29, 1.82) is 0 Å². The van der Waals surface area contributed by atoms with Gasteiger partial charge < -0.3 is 12.9 Å². The Morgan fingerprint density at radius 1 is 1.38 bits per heavy atom. The second-order valence-corrected chi connectivity index (χ2v) is 4.17. The van der Waals surface area contributed by atoms with Gasteiger partial charge >= 0.3 is 58.4 Å². The van der Waals surface area contributed by atoms with Crippen LogP contribution in [0.15, 0.2) is 12.1 Å². The SMILES string of the molecule is C=C(CSCC(C)C)[B-](F)(F)F.[K+]. The minimum absolute atomic E-state index is 0. The van der Waals surface area contributed by atoms with E-state index in [0.717, 1.165) is 5.75 Å². The zero-order chi connectivity index (χ0) is 9.78. The van der Waals surface area contributed by atoms with E-state index >= 15 is 0 Å². The molecule has 0 aliphatic rings. The molecule has 0 aromatic rings. The molecule has 0 amide bonds. The molecule has 0 saturated heterocycles. The van der Waals surface area contributed by atoms with Crippen LogP contribution in [0, 0.1) is 5.92 Å². The standard InChI is InChI=1S/C7H13BF3S.K/c1-6(2)4-12-5-7(3)8(9,10)11;/h6H,3-5H2,1-2H3;/q-1;+1. The molecule has 0 fully saturated rings. The molecule has 0 aromatic carbocycles. The van der Waals surface area contributed by atoms with E-state index in [1.54, 1.807) is 0 Å². The molecular formula is C7H13BF3KS. The predicted octanol–water partition coefficient (Wildman–Crippen LogP) is 0.322. The van der Waals surface area contributed by atoms with Crippen molar-refractivity contribution in [2.45, 2.75) is 13.8 Å². The first-order valence-electron chi connectivity index (χ1n) is 3.79. The Labute approximate surface area is 125 Å². The summed E-state index contributed by atoms with van der Waals surface area (Å²) < 4.78 is 35.8. The molecule has 0 N–H and O–H groups in total. The fourth-order valence-electron chi connectivity index (χ4n) is 0.520. The number of hydrogen-bond acceptors (Lipinski definition) is 1. The average molecular weight is 236 g/mol. The molecular weight excluding hydrogens is 223 g/mol. The predicted molar refractivity (Wildman–Crippen MR) is 50.4 cm³/mol. The van der Waals surface area contributed by atoms with E-state index < -0.39 is 12.4 Å². The topological polar surface area (TPSA) is 0 Å². The molecule has 0 aromatic heterocycles. The molecule has 0 aliphatic heterocycles. The van der Waals surface area contributed by atoms with Crippen LogP contribution in [-0.2, 0) is 0 Å². The summed E-state index contributed by atoms with van der Waals surface area (Å²) in [6.45, 7) is 2.15. The van der Waals surface area contributed by atoms with Crippen molar-refractivity contribution in [3.8, 4) is 0 Å². The van der Waals surface area contributed by atoms with E-state index in [4.69, 9.17) is 0 Å². The summed E-state index contributed by atoms with van der Waals surface area (Å²) in [5.41, 5.74) is -0.583. The van der Waals surface area contributed by atoms with Crippen molar-refractivity contribution in [2.75, 3.05) is 11.5 Å². The third-order valence-corrected chi connectivity index (χ3v) is 2.68. The van der Waals surface area contributed by atoms with Gasteiger partial charge in [-0.05, 0) is 17.4 Å². The maximum atomic E-state index is 11.9. The Bertz CT molecular complexity index is 158. The average Bonchev–Trinajstić information content (AvgIpc) is 1.84. The van der Waals surface area contributed by atoms with Gasteiger partial charge in [0.15, 0.2) is 0 Å². The molecule has 72 valence electrons. The first-order valence-corrected chi connectivity index (χ1v) is 4.95. The van der Waals surface area contributed by atoms with Crippen molar-refractivity contribution in [3.05, 3.63) is 12.1 Å². The summed E-state index contributed by atoms with van der Waals surface area (Å²) in [4.78, 5) is 0. The van der Waals surface area contributed by atoms with Gasteiger partial charge in [-0.2, -0.15) is 11.8 Å². The van der Waals surface area contributed by atoms with Gasteiger partial charge in [-0.25, -0.2) is 0 Å². The van der Waals surface area contributed by atoms with Crippen molar-refractivity contribution >= 4 is 18.7 Å². The van der Waals surface area contributed by atoms with Crippen LogP contribution in [0.3, 0.4) is 0 Å². The second-order valence-electron chi connectivity index (χ2n) is 3.14. The smallest absolute Gasteiger partial charge is 0.445 e. The summed E-state index contributed by atoms with van der Waals surface area (Å²) in [6, 6.07) is 0. The fourth-order valence-corrected chi connectivity index (χ4v) is 1.56. The third kappa shape index (κ3) is 9.88. The molecule has 0 saturated carbocycles. The van der Waals surface area contributed by atoms with Crippen LogP contribution in [0.1, 0.15) is 13.8 Å². The molecule has 0 rings (SSSR count). The maximum absolute atomic E-state index is 11.9. The molecule has 0 heterocycles. The van der Waals surface area contributed by atoms with E-state index in [-0.39, 0.29) is 57.1 Å². The van der Waals surface area contributed by atoms with E-state index in [0.29, 0.717) is 5.92 Å². The molecule has 0 unspecified atom stereocenters. The second kappa shape index (κ2) is 7.82. The van der Waals surface area contributed by atoms with E-state index in [2.05, 4.69) is 6.58 Å². The fraction of sp³-hybridized carbons (Fsp3) is 0.714. The Morgan fingerprint density at radius 3 is 2.15 bits per heavy atom. The Morgan fingerprint density at radius 2 is 1.85 bits per heavy atom. The molecule has 0 radical (unpaired) electrons. The van der Waals surface area contributed by atoms with Gasteiger partial charge in [-0.3, -0.25) is 0 Å². The van der Waals surface area contributed by atoms with Crippen LogP contribution in [0.5, 0.6) is 0 Å². The number of halogens is 3. The summed E-state index contributed by atoms with van der Waals surface area (Å²) in [5, 5.41) is 0. The monoisotopic (exact) mass is 236 g/mol. The normalized spacial score (nSPS) is 11.2. The molecule has 0 bridgehead atoms. The van der Waals surface area contributed by atoms with Gasteiger partial charge in [-0.15, -0.1) is 12.1 Å². The zero-order valence-corrected chi connectivity index (χ0v) is 12.3. The first-order chi connectivity index (χ1) is 5.34. The van der Waals surface area contributed by atoms with Gasteiger partial charge in [0.2, 0.25) is 0 Å². The first kappa shape index (κ1) is 17.0. The molecule has 0 atom stereocenters. The summed E-state index contributed by atoms with van der Waals surface area (Å²) in [5.74, 6) is 1.20. The van der Waals surface area contributed by atoms with Crippen molar-refractivity contribution < 1.29 is 64.3 Å². The third-order valence-electron chi connectivity index (χ3n) is 1.20. The van der Waals surface area contributed by atoms with Crippen LogP contribution >= 0.6 is 11.8 Å². The van der Waals surface area contributed by atoms with Gasteiger partial charge in [0.1, 0.15) is 0 Å². The van der Waals surface area contributed by atoms with Crippen molar-refractivity contribution in [1.82, 2.24) is 0 Å². The van der Waals surface area contributed by atoms with Crippen molar-refractivity contribution in [2.24, 2.45) is 5.92 Å². The number of thioether (sulfide) groups is 1. The molecule has 13 heavy (non-hydrogen) atoms. The van der Waals surface area contributed by atoms with Crippen LogP contribution in [0.4, 0.5) is 12.9 Å². The van der Waals surface area contributed by atoms with Crippen molar-refractivity contribution in [3.63, 3.8) is 0 Å². The van der Waals surface area contributed by atoms with Gasteiger partial charge in [-0.1, -0.05) is 13.8 Å². The van der Waals surface area contributed by atoms with Gasteiger partial charge in [0.05, 0.1) is 0 Å². The summed E-state index contributed by atoms with van der Waals surface area (Å²) in [6.07, 6.45) is 0. The molecule has 0 aliphatic carbocycles. The summed E-state index contributed by atoms with van der Waals surface area (Å²) >= 11 is 1.29. The van der Waals surface area contributed by atoms with Crippen LogP contribution in [-0.4, -0.2) is 18.5 Å². The number of rotatable bonds is 5.